The highest BCUT2D eigenvalue weighted by Crippen LogP contribution is 2.67. The molecule has 9 unspecified atom stereocenters. The van der Waals surface area contributed by atoms with Gasteiger partial charge in [0.25, 0.3) is 0 Å². The van der Waals surface area contributed by atoms with E-state index in [4.69, 9.17) is 4.74 Å². The zero-order valence-electron chi connectivity index (χ0n) is 37.9. The second-order valence-electron chi connectivity index (χ2n) is 19.3. The summed E-state index contributed by atoms with van der Waals surface area (Å²) in [6.45, 7) is 17.0. The first-order valence-corrected chi connectivity index (χ1v) is 24.1. The number of hydrogen-bond acceptors (Lipinski definition) is 2. The van der Waals surface area contributed by atoms with Crippen molar-refractivity contribution in [3.05, 3.63) is 96.7 Å². The third-order valence-corrected chi connectivity index (χ3v) is 15.2. The van der Waals surface area contributed by atoms with Crippen LogP contribution in [0, 0.1) is 52.3 Å². The number of esters is 1. The first-order chi connectivity index (χ1) is 27.6. The molecular weight excluding hydrogens is 693 g/mol. The Bertz CT molecular complexity index is 1420. The first kappa shape index (κ1) is 47.1. The van der Waals surface area contributed by atoms with Crippen LogP contribution in [-0.2, 0) is 9.53 Å². The lowest BCUT2D eigenvalue weighted by Crippen LogP contribution is -2.51. The minimum Gasteiger partial charge on any atom is -0.462 e. The molecule has 0 spiro atoms. The highest BCUT2D eigenvalue weighted by molar-refractivity contribution is 5.69. The van der Waals surface area contributed by atoms with Crippen LogP contribution >= 0.6 is 0 Å². The van der Waals surface area contributed by atoms with Crippen molar-refractivity contribution in [2.45, 2.75) is 189 Å². The van der Waals surface area contributed by atoms with E-state index in [1.807, 2.05) is 0 Å². The van der Waals surface area contributed by atoms with Gasteiger partial charge >= 0.3 is 5.97 Å². The molecule has 2 nitrogen and oxygen atoms in total. The fourth-order valence-corrected chi connectivity index (χ4v) is 11.7. The number of carbonyl (C=O) groups excluding carboxylic acids is 1. The van der Waals surface area contributed by atoms with Crippen LogP contribution in [0.4, 0.5) is 0 Å². The average molecular weight is 779 g/mol. The molecule has 0 amide bonds. The Hall–Kier alpha value is -2.61. The van der Waals surface area contributed by atoms with Crippen molar-refractivity contribution in [2.75, 3.05) is 0 Å². The first-order valence-electron chi connectivity index (χ1n) is 24.1. The number of ether oxygens (including phenoxy) is 1. The quantitative estimate of drug-likeness (QED) is 0.0554. The van der Waals surface area contributed by atoms with E-state index in [-0.39, 0.29) is 12.1 Å². The molecule has 2 heteroatoms. The zero-order valence-corrected chi connectivity index (χ0v) is 37.9. The summed E-state index contributed by atoms with van der Waals surface area (Å²) >= 11 is 0. The Morgan fingerprint density at radius 2 is 1.33 bits per heavy atom. The maximum Gasteiger partial charge on any atom is 0.306 e. The largest absolute Gasteiger partial charge is 0.462 e. The van der Waals surface area contributed by atoms with E-state index in [0.29, 0.717) is 29.1 Å². The number of unbranched alkanes of at least 4 members (excludes halogenated alkanes) is 4. The Labute approximate surface area is 352 Å². The lowest BCUT2D eigenvalue weighted by molar-refractivity contribution is -0.151. The molecule has 9 atom stereocenters. The highest BCUT2D eigenvalue weighted by Gasteiger charge is 2.59. The van der Waals surface area contributed by atoms with Gasteiger partial charge in [0, 0.05) is 12.8 Å². The van der Waals surface area contributed by atoms with Gasteiger partial charge in [0.1, 0.15) is 6.10 Å². The third-order valence-electron chi connectivity index (χ3n) is 15.2. The molecule has 4 rings (SSSR count). The molecule has 0 saturated heterocycles. The number of fused-ring (bicyclic) bond motifs is 5. The maximum atomic E-state index is 12.9. The van der Waals surface area contributed by atoms with Crippen LogP contribution in [0.15, 0.2) is 96.7 Å². The molecule has 0 aromatic rings. The van der Waals surface area contributed by atoms with Gasteiger partial charge in [-0.15, -0.1) is 0 Å². The van der Waals surface area contributed by atoms with E-state index in [1.54, 1.807) is 5.57 Å². The second kappa shape index (κ2) is 25.1. The van der Waals surface area contributed by atoms with Gasteiger partial charge in [-0.1, -0.05) is 158 Å². The number of carbonyl (C=O) groups is 1. The van der Waals surface area contributed by atoms with E-state index in [9.17, 15) is 4.79 Å². The molecule has 4 aliphatic rings. The van der Waals surface area contributed by atoms with Crippen LogP contribution in [0.5, 0.6) is 0 Å². The Kier molecular flexibility index (Phi) is 20.7. The molecule has 0 radical (unpaired) electrons. The van der Waals surface area contributed by atoms with Crippen molar-refractivity contribution in [3.8, 4) is 0 Å². The van der Waals surface area contributed by atoms with Crippen molar-refractivity contribution in [1.29, 1.82) is 0 Å². The molecule has 0 N–H and O–H groups in total. The molecule has 318 valence electrons. The van der Waals surface area contributed by atoms with Crippen LogP contribution in [-0.4, -0.2) is 12.1 Å². The third kappa shape index (κ3) is 14.3. The lowest BCUT2D eigenvalue weighted by atomic mass is 9.47. The Balaban J connectivity index is 1.06. The Morgan fingerprint density at radius 3 is 1.95 bits per heavy atom. The van der Waals surface area contributed by atoms with Crippen LogP contribution in [0.25, 0.3) is 0 Å². The maximum absolute atomic E-state index is 12.9. The molecule has 3 saturated carbocycles. The molecule has 0 heterocycles. The van der Waals surface area contributed by atoms with E-state index >= 15 is 0 Å². The van der Waals surface area contributed by atoms with Gasteiger partial charge in [-0.2, -0.15) is 0 Å². The van der Waals surface area contributed by atoms with E-state index in [1.165, 1.54) is 57.8 Å². The fourth-order valence-electron chi connectivity index (χ4n) is 11.7. The average Bonchev–Trinajstić information content (AvgIpc) is 3.55. The minimum atomic E-state index is 0.0297. The lowest BCUT2D eigenvalue weighted by Gasteiger charge is -2.58. The van der Waals surface area contributed by atoms with E-state index < -0.39 is 0 Å². The number of allylic oxidation sites excluding steroid dienone is 15. The topological polar surface area (TPSA) is 26.3 Å². The summed E-state index contributed by atoms with van der Waals surface area (Å²) in [6, 6.07) is 0. The number of hydrogen-bond donors (Lipinski definition) is 0. The van der Waals surface area contributed by atoms with Gasteiger partial charge in [-0.05, 0) is 161 Å². The van der Waals surface area contributed by atoms with Gasteiger partial charge in [0.2, 0.25) is 0 Å². The summed E-state index contributed by atoms with van der Waals surface area (Å²) in [6.07, 6.45) is 58.6. The predicted molar refractivity (Wildman–Crippen MR) is 248 cm³/mol. The van der Waals surface area contributed by atoms with Crippen molar-refractivity contribution >= 4 is 5.97 Å². The fraction of sp³-hybridized carbons (Fsp3) is 0.691. The predicted octanol–water partition coefficient (Wildman–Crippen LogP) is 16.4. The summed E-state index contributed by atoms with van der Waals surface area (Å²) in [5.41, 5.74) is 2.40. The van der Waals surface area contributed by atoms with Crippen molar-refractivity contribution in [2.24, 2.45) is 52.3 Å². The van der Waals surface area contributed by atoms with Crippen molar-refractivity contribution in [3.63, 3.8) is 0 Å². The van der Waals surface area contributed by atoms with Crippen LogP contribution < -0.4 is 0 Å². The Morgan fingerprint density at radius 1 is 0.719 bits per heavy atom. The normalized spacial score (nSPS) is 30.4. The van der Waals surface area contributed by atoms with Gasteiger partial charge in [0.15, 0.2) is 0 Å². The summed E-state index contributed by atoms with van der Waals surface area (Å²) in [5, 5.41) is 0. The monoisotopic (exact) mass is 779 g/mol. The summed E-state index contributed by atoms with van der Waals surface area (Å²) in [4.78, 5) is 12.9. The molecule has 4 aliphatic carbocycles. The molecule has 0 aromatic carbocycles. The van der Waals surface area contributed by atoms with Gasteiger partial charge in [-0.3, -0.25) is 4.79 Å². The second-order valence-corrected chi connectivity index (χ2v) is 19.3. The molecular formula is C55H86O2. The van der Waals surface area contributed by atoms with Crippen molar-refractivity contribution < 1.29 is 9.53 Å². The van der Waals surface area contributed by atoms with Gasteiger partial charge in [-0.25, -0.2) is 0 Å². The van der Waals surface area contributed by atoms with Crippen LogP contribution in [0.1, 0.15) is 183 Å². The molecule has 0 aliphatic heterocycles. The highest BCUT2D eigenvalue weighted by atomic mass is 16.5. The molecule has 57 heavy (non-hydrogen) atoms. The van der Waals surface area contributed by atoms with E-state index in [0.717, 1.165) is 100 Å². The minimum absolute atomic E-state index is 0.0297. The standard InChI is InChI=1S/C55H86O2/c1-8-10-11-12-13-14-15-16-17-18-19-20-21-22-23-24-25-26-27-28-29-30-31-32-53(56)57-48-39-41-54(6)47(43-48)35-36-49-51-38-37-50(55(51,7)42-40-52(49)54)45(5)33-34-46(9-2)44(3)4/h10-11,13-14,16-17,19-20,22-23,25-26,33-35,44-46,48-52H,8-9,12,15,18,21,24,27-32,36-43H2,1-7H3/b11-10-,14-13-,17-16-,20-19-,23-22-,26-25-,34-33+. The molecule has 0 bridgehead atoms. The van der Waals surface area contributed by atoms with Crippen LogP contribution in [0.2, 0.25) is 0 Å². The molecule has 3 fully saturated rings. The summed E-state index contributed by atoms with van der Waals surface area (Å²) in [7, 11) is 0. The van der Waals surface area contributed by atoms with Crippen molar-refractivity contribution in [1.82, 2.24) is 0 Å². The smallest absolute Gasteiger partial charge is 0.306 e. The zero-order chi connectivity index (χ0) is 40.9. The van der Waals surface area contributed by atoms with Gasteiger partial charge < -0.3 is 4.74 Å². The summed E-state index contributed by atoms with van der Waals surface area (Å²) in [5.74, 6) is 5.45. The van der Waals surface area contributed by atoms with Crippen LogP contribution in [0.3, 0.4) is 0 Å². The summed E-state index contributed by atoms with van der Waals surface area (Å²) < 4.78 is 6.14. The van der Waals surface area contributed by atoms with E-state index in [2.05, 4.69) is 140 Å². The molecule has 0 aromatic heterocycles. The SMILES string of the molecule is CC/C=C\C/C=C\C/C=C\C/C=C\C/C=C\C/C=C\CCCCCCC(=O)OC1CCC2(C)C(=CCC3C2CCC2(C)C(C(C)/C=C/C(CC)C(C)C)CCC32)C1. The number of rotatable bonds is 24. The van der Waals surface area contributed by atoms with Gasteiger partial charge in [0.05, 0.1) is 0 Å².